The Bertz CT molecular complexity index is 690. The molecule has 2 unspecified atom stereocenters. The van der Waals surface area contributed by atoms with Gasteiger partial charge in [0.05, 0.1) is 5.41 Å². The van der Waals surface area contributed by atoms with Crippen LogP contribution in [0, 0.1) is 0 Å². The summed E-state index contributed by atoms with van der Waals surface area (Å²) in [6.07, 6.45) is 2.60. The lowest BCUT2D eigenvalue weighted by Crippen LogP contribution is -2.36. The maximum atomic E-state index is 12.6. The van der Waals surface area contributed by atoms with Gasteiger partial charge in [0.2, 0.25) is 7.37 Å². The van der Waals surface area contributed by atoms with Gasteiger partial charge in [-0.3, -0.25) is 14.3 Å². The van der Waals surface area contributed by atoms with Crippen molar-refractivity contribution in [1.82, 2.24) is 4.98 Å². The van der Waals surface area contributed by atoms with Crippen molar-refractivity contribution in [1.29, 1.82) is 0 Å². The van der Waals surface area contributed by atoms with Gasteiger partial charge in [-0.2, -0.15) is 0 Å². The van der Waals surface area contributed by atoms with E-state index < -0.39 is 18.8 Å². The van der Waals surface area contributed by atoms with E-state index in [1.807, 2.05) is 6.07 Å². The minimum atomic E-state index is -3.66. The minimum absolute atomic E-state index is 0.0399. The second kappa shape index (κ2) is 6.42. The molecular weight excluding hydrogens is 301 g/mol. The highest BCUT2D eigenvalue weighted by Crippen LogP contribution is 2.50. The zero-order chi connectivity index (χ0) is 16.2. The Kier molecular flexibility index (Phi) is 4.79. The van der Waals surface area contributed by atoms with Gasteiger partial charge in [-0.1, -0.05) is 30.3 Å². The molecule has 0 aliphatic heterocycles. The van der Waals surface area contributed by atoms with Crippen molar-refractivity contribution in [3.8, 4) is 0 Å². The summed E-state index contributed by atoms with van der Waals surface area (Å²) >= 11 is 0. The molecule has 0 aliphatic carbocycles. The average molecular weight is 319 g/mol. The van der Waals surface area contributed by atoms with Gasteiger partial charge >= 0.3 is 5.97 Å². The number of aliphatic carboxylic acids is 1. The molecule has 2 atom stereocenters. The molecule has 0 spiro atoms. The van der Waals surface area contributed by atoms with Crippen LogP contribution in [0.3, 0.4) is 0 Å². The molecule has 2 aromatic rings. The molecule has 0 radical (unpaired) electrons. The minimum Gasteiger partial charge on any atom is -0.481 e. The summed E-state index contributed by atoms with van der Waals surface area (Å²) in [6, 6.07) is 12.0. The van der Waals surface area contributed by atoms with E-state index in [-0.39, 0.29) is 12.3 Å². The van der Waals surface area contributed by atoms with E-state index in [9.17, 15) is 19.4 Å². The van der Waals surface area contributed by atoms with E-state index >= 15 is 0 Å². The highest BCUT2D eigenvalue weighted by molar-refractivity contribution is 7.57. The molecule has 22 heavy (non-hydrogen) atoms. The Morgan fingerprint density at radius 3 is 2.32 bits per heavy atom. The first-order valence-corrected chi connectivity index (χ1v) is 8.85. The molecule has 0 fully saturated rings. The Labute approximate surface area is 129 Å². The van der Waals surface area contributed by atoms with Gasteiger partial charge in [0.1, 0.15) is 0 Å². The molecule has 1 heterocycles. The van der Waals surface area contributed by atoms with Gasteiger partial charge in [-0.15, -0.1) is 0 Å². The van der Waals surface area contributed by atoms with Crippen LogP contribution in [-0.2, 0) is 20.9 Å². The van der Waals surface area contributed by atoms with Crippen LogP contribution in [0.1, 0.15) is 18.1 Å². The van der Waals surface area contributed by atoms with Crippen molar-refractivity contribution in [2.45, 2.75) is 18.5 Å². The molecule has 6 heteroatoms. The Morgan fingerprint density at radius 1 is 1.18 bits per heavy atom. The monoisotopic (exact) mass is 319 g/mol. The number of carboxylic acids is 1. The Hall–Kier alpha value is -1.97. The molecule has 5 nitrogen and oxygen atoms in total. The maximum Gasteiger partial charge on any atom is 0.314 e. The van der Waals surface area contributed by atoms with Gasteiger partial charge in [0.15, 0.2) is 0 Å². The number of aromatic nitrogens is 1. The van der Waals surface area contributed by atoms with Gasteiger partial charge in [-0.05, 0) is 30.2 Å². The lowest BCUT2D eigenvalue weighted by atomic mass is 9.85. The first-order valence-electron chi connectivity index (χ1n) is 6.82. The van der Waals surface area contributed by atoms with Crippen LogP contribution in [-0.4, -0.2) is 27.1 Å². The summed E-state index contributed by atoms with van der Waals surface area (Å²) < 4.78 is 12.6. The summed E-state index contributed by atoms with van der Waals surface area (Å²) in [5, 5.41) is 9.56. The maximum absolute atomic E-state index is 12.6. The van der Waals surface area contributed by atoms with Gasteiger partial charge in [0, 0.05) is 24.7 Å². The number of rotatable bonds is 6. The van der Waals surface area contributed by atoms with E-state index in [0.717, 1.165) is 5.56 Å². The molecule has 2 N–H and O–H groups in total. The topological polar surface area (TPSA) is 87.5 Å². The fourth-order valence-corrected chi connectivity index (χ4v) is 4.62. The standard InChI is InChI=1S/C16H18NO4P/c1-16(15(18)19,14-7-9-17-10-8-14)12-22(20,21)11-13-5-3-2-4-6-13/h2-10H,11-12H2,1H3,(H,18,19)(H,20,21). The first kappa shape index (κ1) is 16.4. The van der Waals surface area contributed by atoms with Crippen molar-refractivity contribution >= 4 is 13.3 Å². The summed E-state index contributed by atoms with van der Waals surface area (Å²) in [5.41, 5.74) is -0.240. The number of carboxylic acid groups (broad SMARTS) is 1. The number of hydrogen-bond acceptors (Lipinski definition) is 3. The molecule has 0 saturated heterocycles. The molecule has 1 aromatic carbocycles. The van der Waals surface area contributed by atoms with E-state index in [1.54, 1.807) is 36.4 Å². The van der Waals surface area contributed by atoms with Crippen LogP contribution in [0.2, 0.25) is 0 Å². The molecular formula is C16H18NO4P. The number of carbonyl (C=O) groups is 1. The van der Waals surface area contributed by atoms with Crippen molar-refractivity contribution in [3.63, 3.8) is 0 Å². The largest absolute Gasteiger partial charge is 0.481 e. The fourth-order valence-electron chi connectivity index (χ4n) is 2.42. The Morgan fingerprint density at radius 2 is 1.77 bits per heavy atom. The van der Waals surface area contributed by atoms with Crippen LogP contribution < -0.4 is 0 Å². The van der Waals surface area contributed by atoms with Gasteiger partial charge in [-0.25, -0.2) is 0 Å². The normalized spacial score (nSPS) is 16.5. The smallest absolute Gasteiger partial charge is 0.314 e. The third kappa shape index (κ3) is 3.81. The predicted octanol–water partition coefficient (Wildman–Crippen LogP) is 2.89. The van der Waals surface area contributed by atoms with Crippen LogP contribution in [0.25, 0.3) is 0 Å². The summed E-state index contributed by atoms with van der Waals surface area (Å²) in [6.45, 7) is 1.47. The summed E-state index contributed by atoms with van der Waals surface area (Å²) in [7, 11) is -3.66. The quantitative estimate of drug-likeness (QED) is 0.799. The Balaban J connectivity index is 2.28. The third-order valence-electron chi connectivity index (χ3n) is 3.63. The second-order valence-corrected chi connectivity index (χ2v) is 7.85. The van der Waals surface area contributed by atoms with Crippen LogP contribution in [0.15, 0.2) is 54.9 Å². The summed E-state index contributed by atoms with van der Waals surface area (Å²) in [4.78, 5) is 25.8. The number of nitrogens with zero attached hydrogens (tertiary/aromatic N) is 1. The number of pyridine rings is 1. The van der Waals surface area contributed by atoms with Gasteiger partial charge in [0.25, 0.3) is 0 Å². The lowest BCUT2D eigenvalue weighted by molar-refractivity contribution is -0.142. The zero-order valence-electron chi connectivity index (χ0n) is 12.2. The van der Waals surface area contributed by atoms with Crippen molar-refractivity contribution < 1.29 is 19.4 Å². The second-order valence-electron chi connectivity index (χ2n) is 5.52. The SMILES string of the molecule is CC(CP(=O)(O)Cc1ccccc1)(C(=O)O)c1ccncc1. The van der Waals surface area contributed by atoms with Crippen molar-refractivity contribution in [3.05, 3.63) is 66.0 Å². The van der Waals surface area contributed by atoms with Crippen LogP contribution in [0.5, 0.6) is 0 Å². The fraction of sp³-hybridized carbons (Fsp3) is 0.250. The average Bonchev–Trinajstić information content (AvgIpc) is 2.48. The summed E-state index contributed by atoms with van der Waals surface area (Å²) in [5.74, 6) is -1.12. The van der Waals surface area contributed by atoms with E-state index in [1.165, 1.54) is 19.3 Å². The molecule has 0 amide bonds. The lowest BCUT2D eigenvalue weighted by Gasteiger charge is -2.27. The van der Waals surface area contributed by atoms with Crippen molar-refractivity contribution in [2.24, 2.45) is 0 Å². The van der Waals surface area contributed by atoms with Gasteiger partial charge < -0.3 is 10.00 Å². The first-order chi connectivity index (χ1) is 10.3. The van der Waals surface area contributed by atoms with E-state index in [2.05, 4.69) is 4.98 Å². The van der Waals surface area contributed by atoms with Crippen LogP contribution >= 0.6 is 7.37 Å². The molecule has 0 saturated carbocycles. The van der Waals surface area contributed by atoms with Crippen LogP contribution in [0.4, 0.5) is 0 Å². The predicted molar refractivity (Wildman–Crippen MR) is 84.1 cm³/mol. The van der Waals surface area contributed by atoms with E-state index in [4.69, 9.17) is 0 Å². The molecule has 116 valence electrons. The zero-order valence-corrected chi connectivity index (χ0v) is 13.1. The molecule has 0 aliphatic rings. The third-order valence-corrected chi connectivity index (χ3v) is 5.61. The highest BCUT2D eigenvalue weighted by Gasteiger charge is 2.41. The highest BCUT2D eigenvalue weighted by atomic mass is 31.2. The number of hydrogen-bond donors (Lipinski definition) is 2. The molecule has 2 rings (SSSR count). The van der Waals surface area contributed by atoms with E-state index in [0.29, 0.717) is 5.56 Å². The molecule has 0 bridgehead atoms. The molecule has 1 aromatic heterocycles. The van der Waals surface area contributed by atoms with Crippen molar-refractivity contribution in [2.75, 3.05) is 6.16 Å². The number of benzene rings is 1.